The first kappa shape index (κ1) is 17.9. The number of hydrogen-bond donors (Lipinski definition) is 1. The van der Waals surface area contributed by atoms with Gasteiger partial charge in [0.25, 0.3) is 0 Å². The SMILES string of the molecule is CCOCCN(CCOCC)c1ccc(C(O)CC)nc1. The van der Waals surface area contributed by atoms with E-state index in [1.165, 1.54) is 0 Å². The van der Waals surface area contributed by atoms with Crippen molar-refractivity contribution in [3.63, 3.8) is 0 Å². The van der Waals surface area contributed by atoms with Crippen molar-refractivity contribution in [2.24, 2.45) is 0 Å². The largest absolute Gasteiger partial charge is 0.387 e. The van der Waals surface area contributed by atoms with Crippen LogP contribution in [-0.4, -0.2) is 49.6 Å². The Bertz CT molecular complexity index is 360. The molecule has 1 rings (SSSR count). The Balaban J connectivity index is 2.66. The molecule has 0 radical (unpaired) electrons. The fraction of sp³-hybridized carbons (Fsp3) is 0.688. The van der Waals surface area contributed by atoms with Crippen LogP contribution in [0.5, 0.6) is 0 Å². The molecule has 1 N–H and O–H groups in total. The minimum Gasteiger partial charge on any atom is -0.387 e. The highest BCUT2D eigenvalue weighted by Gasteiger charge is 2.10. The maximum atomic E-state index is 9.79. The van der Waals surface area contributed by atoms with Crippen LogP contribution in [0.1, 0.15) is 39.0 Å². The lowest BCUT2D eigenvalue weighted by Gasteiger charge is -2.24. The van der Waals surface area contributed by atoms with Gasteiger partial charge in [0, 0.05) is 26.3 Å². The van der Waals surface area contributed by atoms with Gasteiger partial charge in [0.1, 0.15) is 0 Å². The van der Waals surface area contributed by atoms with Gasteiger partial charge in [0.15, 0.2) is 0 Å². The number of anilines is 1. The molecule has 0 fully saturated rings. The maximum Gasteiger partial charge on any atom is 0.0957 e. The van der Waals surface area contributed by atoms with Crippen molar-refractivity contribution >= 4 is 5.69 Å². The smallest absolute Gasteiger partial charge is 0.0957 e. The molecular weight excluding hydrogens is 268 g/mol. The fourth-order valence-electron chi connectivity index (χ4n) is 2.00. The van der Waals surface area contributed by atoms with E-state index in [9.17, 15) is 5.11 Å². The quantitative estimate of drug-likeness (QED) is 0.636. The van der Waals surface area contributed by atoms with Gasteiger partial charge in [-0.3, -0.25) is 4.98 Å². The summed E-state index contributed by atoms with van der Waals surface area (Å²) in [7, 11) is 0. The van der Waals surface area contributed by atoms with Crippen LogP contribution in [0.15, 0.2) is 18.3 Å². The van der Waals surface area contributed by atoms with Crippen molar-refractivity contribution in [1.82, 2.24) is 4.98 Å². The molecule has 1 atom stereocenters. The number of nitrogens with zero attached hydrogens (tertiary/aromatic N) is 2. The summed E-state index contributed by atoms with van der Waals surface area (Å²) in [5.41, 5.74) is 1.75. The first-order valence-corrected chi connectivity index (χ1v) is 7.77. The predicted octanol–water partition coefficient (Wildman–Crippen LogP) is 2.40. The monoisotopic (exact) mass is 296 g/mol. The number of hydrogen-bond acceptors (Lipinski definition) is 5. The summed E-state index contributed by atoms with van der Waals surface area (Å²) in [6.45, 7) is 10.3. The van der Waals surface area contributed by atoms with Crippen LogP contribution < -0.4 is 4.90 Å². The summed E-state index contributed by atoms with van der Waals surface area (Å²) in [5, 5.41) is 9.79. The molecule has 5 nitrogen and oxygen atoms in total. The molecule has 0 saturated heterocycles. The molecule has 0 aliphatic carbocycles. The average Bonchev–Trinajstić information content (AvgIpc) is 2.53. The Kier molecular flexibility index (Phi) is 8.98. The van der Waals surface area contributed by atoms with Gasteiger partial charge in [-0.1, -0.05) is 6.92 Å². The maximum absolute atomic E-state index is 9.79. The molecule has 1 unspecified atom stereocenters. The number of ether oxygens (including phenoxy) is 2. The molecule has 0 spiro atoms. The van der Waals surface area contributed by atoms with E-state index >= 15 is 0 Å². The van der Waals surface area contributed by atoms with E-state index in [1.807, 2.05) is 39.1 Å². The van der Waals surface area contributed by atoms with Gasteiger partial charge in [-0.05, 0) is 32.4 Å². The van der Waals surface area contributed by atoms with Crippen LogP contribution in [0, 0.1) is 0 Å². The lowest BCUT2D eigenvalue weighted by atomic mass is 10.2. The molecule has 120 valence electrons. The molecular formula is C16H28N2O3. The second kappa shape index (κ2) is 10.5. The van der Waals surface area contributed by atoms with Crippen LogP contribution in [0.2, 0.25) is 0 Å². The summed E-state index contributed by atoms with van der Waals surface area (Å²) in [6.07, 6.45) is 2.00. The Hall–Kier alpha value is -1.17. The predicted molar refractivity (Wildman–Crippen MR) is 84.7 cm³/mol. The molecule has 21 heavy (non-hydrogen) atoms. The number of rotatable bonds is 11. The Labute approximate surface area is 127 Å². The first-order valence-electron chi connectivity index (χ1n) is 7.77. The fourth-order valence-corrected chi connectivity index (χ4v) is 2.00. The third-order valence-electron chi connectivity index (χ3n) is 3.28. The highest BCUT2D eigenvalue weighted by molar-refractivity contribution is 5.44. The highest BCUT2D eigenvalue weighted by Crippen LogP contribution is 2.18. The number of aliphatic hydroxyl groups excluding tert-OH is 1. The molecule has 1 heterocycles. The van der Waals surface area contributed by atoms with Gasteiger partial charge in [-0.25, -0.2) is 0 Å². The van der Waals surface area contributed by atoms with E-state index in [1.54, 1.807) is 0 Å². The number of pyridine rings is 1. The average molecular weight is 296 g/mol. The summed E-state index contributed by atoms with van der Waals surface area (Å²) in [5.74, 6) is 0. The van der Waals surface area contributed by atoms with Crippen molar-refractivity contribution in [2.75, 3.05) is 44.4 Å². The molecule has 0 amide bonds. The molecule has 0 aliphatic rings. The molecule has 1 aromatic heterocycles. The Morgan fingerprint density at radius 1 is 1.10 bits per heavy atom. The molecule has 0 aromatic carbocycles. The zero-order valence-electron chi connectivity index (χ0n) is 13.4. The van der Waals surface area contributed by atoms with E-state index in [0.29, 0.717) is 19.6 Å². The van der Waals surface area contributed by atoms with Gasteiger partial charge in [0.2, 0.25) is 0 Å². The summed E-state index contributed by atoms with van der Waals surface area (Å²) < 4.78 is 10.9. The van der Waals surface area contributed by atoms with Crippen LogP contribution in [0.4, 0.5) is 5.69 Å². The highest BCUT2D eigenvalue weighted by atomic mass is 16.5. The molecule has 0 bridgehead atoms. The van der Waals surface area contributed by atoms with Gasteiger partial charge >= 0.3 is 0 Å². The van der Waals surface area contributed by atoms with Crippen LogP contribution in [0.3, 0.4) is 0 Å². The van der Waals surface area contributed by atoms with Crippen molar-refractivity contribution in [3.05, 3.63) is 24.0 Å². The van der Waals surface area contributed by atoms with Gasteiger partial charge in [-0.15, -0.1) is 0 Å². The molecule has 1 aromatic rings. The summed E-state index contributed by atoms with van der Waals surface area (Å²) in [6, 6.07) is 3.89. The number of aliphatic hydroxyl groups is 1. The van der Waals surface area contributed by atoms with E-state index in [2.05, 4.69) is 9.88 Å². The van der Waals surface area contributed by atoms with Crippen molar-refractivity contribution in [3.8, 4) is 0 Å². The summed E-state index contributed by atoms with van der Waals surface area (Å²) >= 11 is 0. The minimum atomic E-state index is -0.487. The van der Waals surface area contributed by atoms with Crippen LogP contribution in [-0.2, 0) is 9.47 Å². The lowest BCUT2D eigenvalue weighted by molar-refractivity contribution is 0.141. The third kappa shape index (κ3) is 6.42. The molecule has 0 aliphatic heterocycles. The van der Waals surface area contributed by atoms with Gasteiger partial charge < -0.3 is 19.5 Å². The van der Waals surface area contributed by atoms with Crippen molar-refractivity contribution < 1.29 is 14.6 Å². The second-order valence-electron chi connectivity index (χ2n) is 4.75. The summed E-state index contributed by atoms with van der Waals surface area (Å²) in [4.78, 5) is 6.55. The third-order valence-corrected chi connectivity index (χ3v) is 3.28. The van der Waals surface area contributed by atoms with Crippen molar-refractivity contribution in [1.29, 1.82) is 0 Å². The van der Waals surface area contributed by atoms with E-state index in [-0.39, 0.29) is 0 Å². The zero-order chi connectivity index (χ0) is 15.5. The van der Waals surface area contributed by atoms with E-state index in [4.69, 9.17) is 9.47 Å². The topological polar surface area (TPSA) is 54.8 Å². The Morgan fingerprint density at radius 3 is 2.14 bits per heavy atom. The van der Waals surface area contributed by atoms with Gasteiger partial charge in [-0.2, -0.15) is 0 Å². The van der Waals surface area contributed by atoms with Crippen molar-refractivity contribution in [2.45, 2.75) is 33.3 Å². The van der Waals surface area contributed by atoms with E-state index in [0.717, 1.165) is 37.7 Å². The number of aromatic nitrogens is 1. The Morgan fingerprint density at radius 2 is 1.71 bits per heavy atom. The minimum absolute atomic E-state index is 0.487. The van der Waals surface area contributed by atoms with E-state index < -0.39 is 6.10 Å². The molecule has 0 saturated carbocycles. The first-order chi connectivity index (χ1) is 10.2. The second-order valence-corrected chi connectivity index (χ2v) is 4.75. The van der Waals surface area contributed by atoms with Gasteiger partial charge in [0.05, 0.1) is 36.9 Å². The molecule has 5 heteroatoms. The van der Waals surface area contributed by atoms with Crippen LogP contribution in [0.25, 0.3) is 0 Å². The normalized spacial score (nSPS) is 12.4. The van der Waals surface area contributed by atoms with Crippen LogP contribution >= 0.6 is 0 Å². The standard InChI is InChI=1S/C16H28N2O3/c1-4-16(19)15-8-7-14(13-17-15)18(9-11-20-5-2)10-12-21-6-3/h7-8,13,16,19H,4-6,9-12H2,1-3H3. The lowest BCUT2D eigenvalue weighted by Crippen LogP contribution is -2.31. The zero-order valence-corrected chi connectivity index (χ0v) is 13.4.